The van der Waals surface area contributed by atoms with E-state index in [9.17, 15) is 9.59 Å². The number of carboxylic acid groups (broad SMARTS) is 1. The van der Waals surface area contributed by atoms with Crippen molar-refractivity contribution < 1.29 is 14.7 Å². The minimum absolute atomic E-state index is 0.0727. The fourth-order valence-corrected chi connectivity index (χ4v) is 2.54. The first kappa shape index (κ1) is 18.1. The Morgan fingerprint density at radius 3 is 2.62 bits per heavy atom. The van der Waals surface area contributed by atoms with Crippen LogP contribution < -0.4 is 10.6 Å². The van der Waals surface area contributed by atoms with E-state index in [1.807, 2.05) is 20.8 Å². The van der Waals surface area contributed by atoms with Gasteiger partial charge in [0.25, 0.3) is 0 Å². The maximum absolute atomic E-state index is 12.1. The molecule has 3 N–H and O–H groups in total. The number of amides is 1. The number of Topliss-reactive ketones (excluding diaryl/α,β-unsaturated/α-hetero) is 1. The lowest BCUT2D eigenvalue weighted by atomic mass is 10.1. The molecule has 8 heteroatoms. The highest BCUT2D eigenvalue weighted by Crippen LogP contribution is 2.22. The van der Waals surface area contributed by atoms with Crippen LogP contribution in [0.2, 0.25) is 0 Å². The van der Waals surface area contributed by atoms with E-state index in [1.54, 1.807) is 18.2 Å². The number of anilines is 1. The molecule has 0 aliphatic carbocycles. The van der Waals surface area contributed by atoms with Crippen LogP contribution in [0.5, 0.6) is 0 Å². The summed E-state index contributed by atoms with van der Waals surface area (Å²) in [5.41, 5.74) is 1.78. The summed E-state index contributed by atoms with van der Waals surface area (Å²) in [6, 6.07) is 5.30. The van der Waals surface area contributed by atoms with Gasteiger partial charge in [0.2, 0.25) is 0 Å². The number of aryl methyl sites for hydroxylation is 1. The zero-order chi connectivity index (χ0) is 17.9. The number of aromatic nitrogens is 2. The van der Waals surface area contributed by atoms with E-state index >= 15 is 0 Å². The summed E-state index contributed by atoms with van der Waals surface area (Å²) in [6.07, 6.45) is -1.09. The molecule has 24 heavy (non-hydrogen) atoms. The molecule has 7 nitrogen and oxygen atoms in total. The number of hydrogen-bond donors (Lipinski definition) is 3. The van der Waals surface area contributed by atoms with E-state index in [0.717, 1.165) is 0 Å². The topological polar surface area (TPSA) is 104 Å². The number of hydrogen-bond acceptors (Lipinski definition) is 5. The van der Waals surface area contributed by atoms with Gasteiger partial charge in [-0.1, -0.05) is 22.0 Å². The predicted octanol–water partition coefficient (Wildman–Crippen LogP) is 2.97. The Morgan fingerprint density at radius 1 is 1.29 bits per heavy atom. The molecule has 0 radical (unpaired) electrons. The quantitative estimate of drug-likeness (QED) is 0.513. The second-order valence-electron chi connectivity index (χ2n) is 6.06. The van der Waals surface area contributed by atoms with Crippen LogP contribution in [-0.2, 0) is 0 Å². The number of halogens is 1. The average Bonchev–Trinajstić information content (AvgIpc) is 2.52. The summed E-state index contributed by atoms with van der Waals surface area (Å²) in [4.78, 5) is 31.8. The van der Waals surface area contributed by atoms with Crippen molar-refractivity contribution in [2.24, 2.45) is 0 Å². The Morgan fingerprint density at radius 2 is 2.00 bits per heavy atom. The smallest absolute Gasteiger partial charge is 0.404 e. The van der Waals surface area contributed by atoms with Gasteiger partial charge in [-0.25, -0.2) is 14.8 Å². The van der Waals surface area contributed by atoms with Crippen molar-refractivity contribution in [2.75, 3.05) is 17.2 Å². The van der Waals surface area contributed by atoms with Crippen LogP contribution in [-0.4, -0.2) is 44.4 Å². The highest BCUT2D eigenvalue weighted by molar-refractivity contribution is 9.09. The second-order valence-corrected chi connectivity index (χ2v) is 6.62. The third kappa shape index (κ3) is 4.19. The van der Waals surface area contributed by atoms with Gasteiger partial charge in [-0.2, -0.15) is 0 Å². The first-order valence-corrected chi connectivity index (χ1v) is 8.47. The molecule has 1 amide bonds. The molecule has 1 aromatic carbocycles. The first-order chi connectivity index (χ1) is 11.2. The van der Waals surface area contributed by atoms with Gasteiger partial charge in [0.1, 0.15) is 11.3 Å². The lowest BCUT2D eigenvalue weighted by Crippen LogP contribution is -2.44. The van der Waals surface area contributed by atoms with Crippen LogP contribution in [0.4, 0.5) is 10.6 Å². The third-order valence-electron chi connectivity index (χ3n) is 3.43. The van der Waals surface area contributed by atoms with E-state index in [-0.39, 0.29) is 17.7 Å². The van der Waals surface area contributed by atoms with E-state index in [2.05, 4.69) is 36.5 Å². The van der Waals surface area contributed by atoms with E-state index in [1.165, 1.54) is 0 Å². The van der Waals surface area contributed by atoms with Crippen molar-refractivity contribution in [1.29, 1.82) is 0 Å². The van der Waals surface area contributed by atoms with Crippen LogP contribution in [0.1, 0.15) is 29.9 Å². The number of para-hydroxylation sites is 1. The first-order valence-electron chi connectivity index (χ1n) is 7.35. The molecule has 0 saturated heterocycles. The number of rotatable bonds is 6. The van der Waals surface area contributed by atoms with Gasteiger partial charge >= 0.3 is 6.09 Å². The molecule has 2 aromatic rings. The molecule has 0 unspecified atom stereocenters. The molecule has 0 saturated carbocycles. The van der Waals surface area contributed by atoms with Gasteiger partial charge in [-0.3, -0.25) is 4.79 Å². The van der Waals surface area contributed by atoms with Crippen LogP contribution >= 0.6 is 15.9 Å². The number of carbonyl (C=O) groups is 2. The molecule has 128 valence electrons. The Labute approximate surface area is 148 Å². The molecule has 0 spiro atoms. The van der Waals surface area contributed by atoms with E-state index in [0.29, 0.717) is 28.1 Å². The third-order valence-corrected chi connectivity index (χ3v) is 3.94. The van der Waals surface area contributed by atoms with Crippen molar-refractivity contribution in [3.63, 3.8) is 0 Å². The SMILES string of the molecule is Cc1nc2cccc(C(=O)CBr)c2nc1NC(C)(C)CNC(=O)O. The molecule has 0 fully saturated rings. The summed E-state index contributed by atoms with van der Waals surface area (Å²) in [5, 5.41) is 14.5. The molecule has 0 aliphatic rings. The van der Waals surface area contributed by atoms with E-state index < -0.39 is 11.6 Å². The Hall–Kier alpha value is -2.22. The minimum Gasteiger partial charge on any atom is -0.465 e. The molecular weight excluding hydrogens is 376 g/mol. The van der Waals surface area contributed by atoms with Gasteiger partial charge in [0, 0.05) is 12.1 Å². The Bertz CT molecular complexity index is 792. The molecule has 0 aliphatic heterocycles. The normalized spacial score (nSPS) is 11.3. The molecular formula is C16H19BrN4O3. The van der Waals surface area contributed by atoms with Crippen molar-refractivity contribution in [3.05, 3.63) is 29.5 Å². The number of carbonyl (C=O) groups excluding carboxylic acids is 1. The molecule has 0 bridgehead atoms. The predicted molar refractivity (Wildman–Crippen MR) is 96.1 cm³/mol. The fourth-order valence-electron chi connectivity index (χ4n) is 2.24. The lowest BCUT2D eigenvalue weighted by molar-refractivity contribution is 0.102. The number of ketones is 1. The number of nitrogens with one attached hydrogen (secondary N) is 2. The zero-order valence-electron chi connectivity index (χ0n) is 13.7. The largest absolute Gasteiger partial charge is 0.465 e. The van der Waals surface area contributed by atoms with Crippen molar-refractivity contribution in [1.82, 2.24) is 15.3 Å². The monoisotopic (exact) mass is 394 g/mol. The van der Waals surface area contributed by atoms with E-state index in [4.69, 9.17) is 5.11 Å². The number of alkyl halides is 1. The molecule has 2 rings (SSSR count). The van der Waals surface area contributed by atoms with Crippen LogP contribution in [0.25, 0.3) is 11.0 Å². The highest BCUT2D eigenvalue weighted by atomic mass is 79.9. The summed E-state index contributed by atoms with van der Waals surface area (Å²) >= 11 is 3.18. The average molecular weight is 395 g/mol. The van der Waals surface area contributed by atoms with Gasteiger partial charge in [0.15, 0.2) is 5.78 Å². The molecule has 1 aromatic heterocycles. The second kappa shape index (κ2) is 7.12. The summed E-state index contributed by atoms with van der Waals surface area (Å²) < 4.78 is 0. The molecule has 0 atom stereocenters. The summed E-state index contributed by atoms with van der Waals surface area (Å²) in [6.45, 7) is 5.71. The minimum atomic E-state index is -1.09. The van der Waals surface area contributed by atoms with Crippen molar-refractivity contribution in [3.8, 4) is 0 Å². The van der Waals surface area contributed by atoms with Gasteiger partial charge in [-0.15, -0.1) is 0 Å². The van der Waals surface area contributed by atoms with Gasteiger partial charge < -0.3 is 15.7 Å². The summed E-state index contributed by atoms with van der Waals surface area (Å²) in [5.74, 6) is 0.450. The fraction of sp³-hybridized carbons (Fsp3) is 0.375. The van der Waals surface area contributed by atoms with Crippen LogP contribution in [0.3, 0.4) is 0 Å². The van der Waals surface area contributed by atoms with Gasteiger partial charge in [0.05, 0.1) is 22.1 Å². The van der Waals surface area contributed by atoms with Crippen molar-refractivity contribution in [2.45, 2.75) is 26.3 Å². The van der Waals surface area contributed by atoms with Crippen LogP contribution in [0, 0.1) is 6.92 Å². The maximum atomic E-state index is 12.1. The highest BCUT2D eigenvalue weighted by Gasteiger charge is 2.21. The zero-order valence-corrected chi connectivity index (χ0v) is 15.3. The number of fused-ring (bicyclic) bond motifs is 1. The summed E-state index contributed by atoms with van der Waals surface area (Å²) in [7, 11) is 0. The Kier molecular flexibility index (Phi) is 5.38. The number of benzene rings is 1. The van der Waals surface area contributed by atoms with Crippen molar-refractivity contribution >= 4 is 44.7 Å². The van der Waals surface area contributed by atoms with Crippen LogP contribution in [0.15, 0.2) is 18.2 Å². The number of nitrogens with zero attached hydrogens (tertiary/aromatic N) is 2. The maximum Gasteiger partial charge on any atom is 0.404 e. The molecule has 1 heterocycles. The standard InChI is InChI=1S/C16H19BrN4O3/c1-9-14(21-16(2,3)8-18-15(23)24)20-13-10(12(22)7-17)5-4-6-11(13)19-9/h4-6,18H,7-8H2,1-3H3,(H,20,21)(H,23,24). The Balaban J connectivity index is 2.42. The lowest BCUT2D eigenvalue weighted by Gasteiger charge is -2.27. The van der Waals surface area contributed by atoms with Gasteiger partial charge in [-0.05, 0) is 32.9 Å².